The number of phenols is 1. The number of carbonyl (C=O) groups excluding carboxylic acids is 1. The first-order chi connectivity index (χ1) is 10.1. The summed E-state index contributed by atoms with van der Waals surface area (Å²) in [7, 11) is 0. The average Bonchev–Trinajstić information content (AvgIpc) is 2.77. The highest BCUT2D eigenvalue weighted by atomic mass is 79.9. The molecular weight excluding hydrogens is 334 g/mol. The number of fused-ring (bicyclic) bond motifs is 1. The van der Waals surface area contributed by atoms with Gasteiger partial charge in [0.2, 0.25) is 0 Å². The maximum Gasteiger partial charge on any atom is 0.276 e. The number of nitrogens with one attached hydrogen (secondary N) is 1. The van der Waals surface area contributed by atoms with E-state index in [9.17, 15) is 9.90 Å². The van der Waals surface area contributed by atoms with Gasteiger partial charge < -0.3 is 10.4 Å². The molecule has 0 saturated heterocycles. The molecule has 1 amide bonds. The van der Waals surface area contributed by atoms with Gasteiger partial charge in [0.25, 0.3) is 5.91 Å². The van der Waals surface area contributed by atoms with E-state index in [1.165, 1.54) is 6.21 Å². The number of para-hydroxylation sites is 1. The lowest BCUT2D eigenvalue weighted by molar-refractivity contribution is -0.110. The van der Waals surface area contributed by atoms with Crippen molar-refractivity contribution in [1.82, 2.24) is 0 Å². The maximum atomic E-state index is 11.9. The van der Waals surface area contributed by atoms with Crippen molar-refractivity contribution in [2.45, 2.75) is 0 Å². The predicted octanol–water partition coefficient (Wildman–Crippen LogP) is 2.93. The topological polar surface area (TPSA) is 74.0 Å². The lowest BCUT2D eigenvalue weighted by atomic mass is 10.1. The second-order valence-electron chi connectivity index (χ2n) is 4.40. The third-order valence-electron chi connectivity index (χ3n) is 2.99. The van der Waals surface area contributed by atoms with Crippen LogP contribution in [0.25, 0.3) is 0 Å². The summed E-state index contributed by atoms with van der Waals surface area (Å²) in [6.07, 6.45) is 1.41. The summed E-state index contributed by atoms with van der Waals surface area (Å²) in [5.41, 5.74) is 2.19. The Balaban J connectivity index is 1.93. The van der Waals surface area contributed by atoms with Crippen molar-refractivity contribution in [3.63, 3.8) is 0 Å². The van der Waals surface area contributed by atoms with Gasteiger partial charge in [-0.2, -0.15) is 5.10 Å². The molecule has 0 bridgehead atoms. The van der Waals surface area contributed by atoms with Crippen LogP contribution >= 0.6 is 15.9 Å². The molecule has 6 heteroatoms. The lowest BCUT2D eigenvalue weighted by Crippen LogP contribution is -2.13. The number of phenolic OH excluding ortho intramolecular Hbond substituents is 1. The number of aromatic hydroxyl groups is 1. The molecule has 0 radical (unpaired) electrons. The highest BCUT2D eigenvalue weighted by Crippen LogP contribution is 2.26. The molecule has 0 aromatic heterocycles. The minimum Gasteiger partial charge on any atom is -0.507 e. The standard InChI is InChI=1S/C15H10BrN3O2/c16-10-5-6-12-11(7-10)14(15(21)18-12)19-17-8-9-3-1-2-4-13(9)20/h1-8,20H,(H,18,19,21)/b17-8-. The van der Waals surface area contributed by atoms with Crippen LogP contribution in [0.2, 0.25) is 0 Å². The zero-order valence-electron chi connectivity index (χ0n) is 10.7. The van der Waals surface area contributed by atoms with E-state index in [0.29, 0.717) is 16.8 Å². The Hall–Kier alpha value is -2.47. The van der Waals surface area contributed by atoms with Crippen LogP contribution in [0.15, 0.2) is 57.1 Å². The van der Waals surface area contributed by atoms with Crippen molar-refractivity contribution in [2.24, 2.45) is 10.2 Å². The van der Waals surface area contributed by atoms with Gasteiger partial charge in [-0.25, -0.2) is 0 Å². The number of carbonyl (C=O) groups is 1. The molecule has 2 aromatic rings. The first-order valence-corrected chi connectivity index (χ1v) is 6.95. The van der Waals surface area contributed by atoms with Gasteiger partial charge in [-0.3, -0.25) is 4.79 Å². The van der Waals surface area contributed by atoms with E-state index in [2.05, 4.69) is 31.4 Å². The zero-order chi connectivity index (χ0) is 14.8. The van der Waals surface area contributed by atoms with E-state index >= 15 is 0 Å². The molecule has 2 aromatic carbocycles. The Morgan fingerprint density at radius 3 is 2.81 bits per heavy atom. The maximum absolute atomic E-state index is 11.9. The van der Waals surface area contributed by atoms with Gasteiger partial charge in [0.1, 0.15) is 5.75 Å². The Morgan fingerprint density at radius 2 is 2.00 bits per heavy atom. The zero-order valence-corrected chi connectivity index (χ0v) is 12.3. The number of amides is 1. The Labute approximate surface area is 129 Å². The Morgan fingerprint density at radius 1 is 1.19 bits per heavy atom. The first kappa shape index (κ1) is 13.5. The molecule has 1 aliphatic heterocycles. The van der Waals surface area contributed by atoms with Crippen LogP contribution in [-0.2, 0) is 4.79 Å². The van der Waals surface area contributed by atoms with E-state index < -0.39 is 0 Å². The van der Waals surface area contributed by atoms with Crippen molar-refractivity contribution >= 4 is 39.5 Å². The average molecular weight is 344 g/mol. The number of nitrogens with zero attached hydrogens (tertiary/aromatic N) is 2. The van der Waals surface area contributed by atoms with Crippen molar-refractivity contribution in [1.29, 1.82) is 0 Å². The fraction of sp³-hybridized carbons (Fsp3) is 0. The van der Waals surface area contributed by atoms with Crippen LogP contribution < -0.4 is 5.32 Å². The molecule has 1 heterocycles. The molecule has 0 unspecified atom stereocenters. The number of anilines is 1. The van der Waals surface area contributed by atoms with Gasteiger partial charge in [0, 0.05) is 15.6 Å². The van der Waals surface area contributed by atoms with Gasteiger partial charge in [0.05, 0.1) is 11.9 Å². The molecule has 3 rings (SSSR count). The van der Waals surface area contributed by atoms with Crippen LogP contribution in [0.5, 0.6) is 5.75 Å². The summed E-state index contributed by atoms with van der Waals surface area (Å²) in [5, 5.41) is 20.2. The summed E-state index contributed by atoms with van der Waals surface area (Å²) in [5.74, 6) is -0.182. The fourth-order valence-corrected chi connectivity index (χ4v) is 2.33. The smallest absolute Gasteiger partial charge is 0.276 e. The molecule has 5 nitrogen and oxygen atoms in total. The molecular formula is C15H10BrN3O2. The third kappa shape index (κ3) is 2.71. The Kier molecular flexibility index (Phi) is 3.53. The molecule has 2 N–H and O–H groups in total. The first-order valence-electron chi connectivity index (χ1n) is 6.15. The van der Waals surface area contributed by atoms with Crippen molar-refractivity contribution in [3.8, 4) is 5.75 Å². The number of hydrogen-bond donors (Lipinski definition) is 2. The SMILES string of the molecule is O=C1Nc2ccc(Br)cc2/C1=N/N=C\c1ccccc1O. The minimum atomic E-state index is -0.294. The summed E-state index contributed by atoms with van der Waals surface area (Å²) in [6.45, 7) is 0. The molecule has 0 atom stereocenters. The number of hydrogen-bond acceptors (Lipinski definition) is 4. The normalized spacial score (nSPS) is 15.5. The van der Waals surface area contributed by atoms with Crippen LogP contribution in [0, 0.1) is 0 Å². The van der Waals surface area contributed by atoms with E-state index in [0.717, 1.165) is 4.47 Å². The summed E-state index contributed by atoms with van der Waals surface area (Å²) >= 11 is 3.36. The van der Waals surface area contributed by atoms with Crippen molar-refractivity contribution in [2.75, 3.05) is 5.32 Å². The largest absolute Gasteiger partial charge is 0.507 e. The van der Waals surface area contributed by atoms with Crippen LogP contribution in [-0.4, -0.2) is 22.9 Å². The van der Waals surface area contributed by atoms with Crippen molar-refractivity contribution < 1.29 is 9.90 Å². The second kappa shape index (κ2) is 5.49. The molecule has 1 aliphatic rings. The van der Waals surface area contributed by atoms with Crippen LogP contribution in [0.3, 0.4) is 0 Å². The van der Waals surface area contributed by atoms with Crippen molar-refractivity contribution in [3.05, 3.63) is 58.1 Å². The van der Waals surface area contributed by atoms with E-state index in [1.807, 2.05) is 12.1 Å². The van der Waals surface area contributed by atoms with Gasteiger partial charge in [-0.1, -0.05) is 28.1 Å². The minimum absolute atomic E-state index is 0.112. The molecule has 21 heavy (non-hydrogen) atoms. The van der Waals surface area contributed by atoms with Gasteiger partial charge >= 0.3 is 0 Å². The summed E-state index contributed by atoms with van der Waals surface area (Å²) < 4.78 is 0.857. The second-order valence-corrected chi connectivity index (χ2v) is 5.31. The van der Waals surface area contributed by atoms with Gasteiger partial charge in [0.15, 0.2) is 5.71 Å². The third-order valence-corrected chi connectivity index (χ3v) is 3.48. The predicted molar refractivity (Wildman–Crippen MR) is 85.0 cm³/mol. The summed E-state index contributed by atoms with van der Waals surface area (Å²) in [6, 6.07) is 12.2. The quantitative estimate of drug-likeness (QED) is 0.649. The molecule has 0 spiro atoms. The van der Waals surface area contributed by atoms with E-state index in [4.69, 9.17) is 0 Å². The highest BCUT2D eigenvalue weighted by Gasteiger charge is 2.26. The number of benzene rings is 2. The molecule has 0 saturated carbocycles. The molecule has 0 fully saturated rings. The fourth-order valence-electron chi connectivity index (χ4n) is 1.97. The van der Waals surface area contributed by atoms with Crippen LogP contribution in [0.1, 0.15) is 11.1 Å². The molecule has 0 aliphatic carbocycles. The van der Waals surface area contributed by atoms with Crippen LogP contribution in [0.4, 0.5) is 5.69 Å². The monoisotopic (exact) mass is 343 g/mol. The number of halogens is 1. The van der Waals surface area contributed by atoms with Gasteiger partial charge in [-0.05, 0) is 30.3 Å². The van der Waals surface area contributed by atoms with E-state index in [-0.39, 0.29) is 17.4 Å². The lowest BCUT2D eigenvalue weighted by Gasteiger charge is -1.97. The molecule has 104 valence electrons. The number of rotatable bonds is 2. The highest BCUT2D eigenvalue weighted by molar-refractivity contribution is 9.10. The van der Waals surface area contributed by atoms with E-state index in [1.54, 1.807) is 30.3 Å². The summed E-state index contributed by atoms with van der Waals surface area (Å²) in [4.78, 5) is 11.9. The van der Waals surface area contributed by atoms with Gasteiger partial charge in [-0.15, -0.1) is 5.10 Å². The Bertz CT molecular complexity index is 784.